The summed E-state index contributed by atoms with van der Waals surface area (Å²) in [7, 11) is -3.62. The number of anilines is 1. The lowest BCUT2D eigenvalue weighted by atomic mass is 10.7. The molecule has 1 heterocycles. The number of nitrogens with zero attached hydrogens (tertiary/aromatic N) is 2. The Morgan fingerprint density at radius 1 is 1.50 bits per heavy atom. The summed E-state index contributed by atoms with van der Waals surface area (Å²) in [6, 6.07) is 0. The van der Waals surface area contributed by atoms with Crippen LogP contribution in [0.5, 0.6) is 0 Å². The molecule has 0 aromatic carbocycles. The summed E-state index contributed by atoms with van der Waals surface area (Å²) in [5.41, 5.74) is 0. The van der Waals surface area contributed by atoms with Crippen LogP contribution in [0.15, 0.2) is 4.34 Å². The van der Waals surface area contributed by atoms with Gasteiger partial charge in [-0.1, -0.05) is 27.3 Å². The molecule has 0 atom stereocenters. The number of alkyl halides is 1. The number of amides is 1. The number of carbonyl (C=O) groups excluding carboxylic acids is 1. The summed E-state index contributed by atoms with van der Waals surface area (Å²) in [6.45, 7) is 1.57. The van der Waals surface area contributed by atoms with Crippen molar-refractivity contribution >= 4 is 48.3 Å². The zero-order valence-corrected chi connectivity index (χ0v) is 11.4. The molecule has 0 unspecified atom stereocenters. The van der Waals surface area contributed by atoms with Gasteiger partial charge in [-0.3, -0.25) is 4.79 Å². The fraction of sp³-hybridized carbons (Fsp3) is 0.500. The number of halogens is 1. The van der Waals surface area contributed by atoms with E-state index in [1.807, 2.05) is 0 Å². The maximum absolute atomic E-state index is 11.6. The van der Waals surface area contributed by atoms with Crippen molar-refractivity contribution in [3.8, 4) is 0 Å². The highest BCUT2D eigenvalue weighted by atomic mass is 79.9. The zero-order valence-electron chi connectivity index (χ0n) is 8.23. The molecule has 10 heteroatoms. The first kappa shape index (κ1) is 13.5. The number of hydrogen-bond donors (Lipinski definition) is 2. The van der Waals surface area contributed by atoms with Crippen LogP contribution in [-0.2, 0) is 14.8 Å². The first-order valence-electron chi connectivity index (χ1n) is 4.12. The van der Waals surface area contributed by atoms with Crippen molar-refractivity contribution in [2.75, 3.05) is 17.2 Å². The van der Waals surface area contributed by atoms with E-state index in [0.717, 1.165) is 11.3 Å². The molecule has 16 heavy (non-hydrogen) atoms. The second-order valence-corrected chi connectivity index (χ2v) is 6.35. The Labute approximate surface area is 105 Å². The molecule has 7 nitrogen and oxygen atoms in total. The van der Waals surface area contributed by atoms with E-state index in [9.17, 15) is 13.2 Å². The summed E-state index contributed by atoms with van der Waals surface area (Å²) in [5.74, 6) is -0.325. The standard InChI is InChI=1S/C6H9BrN4O3S2/c1-4(12)9-5-10-11-6(15-5)16(13,14)8-3-2-7/h8H,2-3H2,1H3,(H,9,10,12). The van der Waals surface area contributed by atoms with Gasteiger partial charge < -0.3 is 5.32 Å². The van der Waals surface area contributed by atoms with E-state index in [-0.39, 0.29) is 21.9 Å². The first-order valence-corrected chi connectivity index (χ1v) is 7.54. The van der Waals surface area contributed by atoms with E-state index >= 15 is 0 Å². The molecule has 0 spiro atoms. The lowest BCUT2D eigenvalue weighted by Crippen LogP contribution is -2.25. The topological polar surface area (TPSA) is 101 Å². The minimum atomic E-state index is -3.62. The Kier molecular flexibility index (Phi) is 4.77. The highest BCUT2D eigenvalue weighted by Gasteiger charge is 2.19. The minimum Gasteiger partial charge on any atom is -0.301 e. The fourth-order valence-electron chi connectivity index (χ4n) is 0.754. The van der Waals surface area contributed by atoms with Crippen molar-refractivity contribution in [2.24, 2.45) is 0 Å². The zero-order chi connectivity index (χ0) is 12.2. The molecule has 0 aliphatic heterocycles. The van der Waals surface area contributed by atoms with Crippen molar-refractivity contribution in [3.05, 3.63) is 0 Å². The van der Waals surface area contributed by atoms with Crippen LogP contribution in [0.3, 0.4) is 0 Å². The molecular weight excluding hydrogens is 320 g/mol. The van der Waals surface area contributed by atoms with Gasteiger partial charge in [0.1, 0.15) is 0 Å². The van der Waals surface area contributed by atoms with Gasteiger partial charge in [0.25, 0.3) is 10.0 Å². The third kappa shape index (κ3) is 3.77. The Morgan fingerprint density at radius 3 is 2.75 bits per heavy atom. The van der Waals surface area contributed by atoms with Crippen molar-refractivity contribution in [2.45, 2.75) is 11.3 Å². The molecular formula is C6H9BrN4O3S2. The third-order valence-electron chi connectivity index (χ3n) is 1.31. The van der Waals surface area contributed by atoms with E-state index in [0.29, 0.717) is 5.33 Å². The SMILES string of the molecule is CC(=O)Nc1nnc(S(=O)(=O)NCCBr)s1. The lowest BCUT2D eigenvalue weighted by molar-refractivity contribution is -0.114. The van der Waals surface area contributed by atoms with Crippen molar-refractivity contribution in [1.82, 2.24) is 14.9 Å². The van der Waals surface area contributed by atoms with Gasteiger partial charge in [0.2, 0.25) is 15.4 Å². The van der Waals surface area contributed by atoms with E-state index < -0.39 is 10.0 Å². The number of rotatable bonds is 5. The number of carbonyl (C=O) groups is 1. The number of sulfonamides is 1. The molecule has 1 rings (SSSR count). The van der Waals surface area contributed by atoms with E-state index in [4.69, 9.17) is 0 Å². The van der Waals surface area contributed by atoms with Crippen LogP contribution >= 0.6 is 27.3 Å². The van der Waals surface area contributed by atoms with Crippen molar-refractivity contribution in [1.29, 1.82) is 0 Å². The van der Waals surface area contributed by atoms with E-state index in [1.165, 1.54) is 6.92 Å². The smallest absolute Gasteiger partial charge is 0.269 e. The van der Waals surface area contributed by atoms with Gasteiger partial charge in [0.05, 0.1) is 0 Å². The van der Waals surface area contributed by atoms with Crippen LogP contribution < -0.4 is 10.0 Å². The molecule has 1 aromatic heterocycles. The Hall–Kier alpha value is -0.580. The number of nitrogens with one attached hydrogen (secondary N) is 2. The monoisotopic (exact) mass is 328 g/mol. The average molecular weight is 329 g/mol. The normalized spacial score (nSPS) is 11.4. The minimum absolute atomic E-state index is 0.159. The quantitative estimate of drug-likeness (QED) is 0.592. The van der Waals surface area contributed by atoms with Crippen LogP contribution in [0, 0.1) is 0 Å². The highest BCUT2D eigenvalue weighted by molar-refractivity contribution is 9.09. The second kappa shape index (κ2) is 5.66. The molecule has 0 fully saturated rings. The summed E-state index contributed by atoms with van der Waals surface area (Å²) in [5, 5.41) is 10.0. The third-order valence-corrected chi connectivity index (χ3v) is 4.37. The van der Waals surface area contributed by atoms with Gasteiger partial charge in [0, 0.05) is 18.8 Å². The summed E-state index contributed by atoms with van der Waals surface area (Å²) in [4.78, 5) is 10.7. The van der Waals surface area contributed by atoms with Crippen LogP contribution in [0.2, 0.25) is 0 Å². The Bertz CT molecular complexity index is 472. The maximum atomic E-state index is 11.6. The maximum Gasteiger partial charge on any atom is 0.269 e. The van der Waals surface area contributed by atoms with Crippen LogP contribution in [0.4, 0.5) is 5.13 Å². The molecule has 0 radical (unpaired) electrons. The molecule has 0 aliphatic rings. The van der Waals surface area contributed by atoms with E-state index in [2.05, 4.69) is 36.2 Å². The molecule has 0 saturated heterocycles. The van der Waals surface area contributed by atoms with Gasteiger partial charge in [-0.2, -0.15) is 0 Å². The fourth-order valence-corrected chi connectivity index (χ4v) is 3.23. The van der Waals surface area contributed by atoms with Gasteiger partial charge >= 0.3 is 0 Å². The molecule has 1 amide bonds. The largest absolute Gasteiger partial charge is 0.301 e. The molecule has 1 aromatic rings. The van der Waals surface area contributed by atoms with Crippen molar-refractivity contribution < 1.29 is 13.2 Å². The van der Waals surface area contributed by atoms with E-state index in [1.54, 1.807) is 0 Å². The van der Waals surface area contributed by atoms with Crippen LogP contribution in [0.1, 0.15) is 6.92 Å². The predicted molar refractivity (Wildman–Crippen MR) is 63.2 cm³/mol. The first-order chi connectivity index (χ1) is 7.45. The summed E-state index contributed by atoms with van der Waals surface area (Å²) >= 11 is 3.89. The summed E-state index contributed by atoms with van der Waals surface area (Å²) in [6.07, 6.45) is 0. The van der Waals surface area contributed by atoms with Gasteiger partial charge in [0.15, 0.2) is 0 Å². The molecule has 0 saturated carbocycles. The van der Waals surface area contributed by atoms with Crippen molar-refractivity contribution in [3.63, 3.8) is 0 Å². The van der Waals surface area contributed by atoms with Crippen LogP contribution in [-0.4, -0.2) is 36.4 Å². The highest BCUT2D eigenvalue weighted by Crippen LogP contribution is 2.19. The number of hydrogen-bond acceptors (Lipinski definition) is 6. The molecule has 0 aliphatic carbocycles. The second-order valence-electron chi connectivity index (χ2n) is 2.64. The van der Waals surface area contributed by atoms with Gasteiger partial charge in [-0.25, -0.2) is 13.1 Å². The summed E-state index contributed by atoms with van der Waals surface area (Å²) < 4.78 is 25.2. The molecule has 0 bridgehead atoms. The van der Waals surface area contributed by atoms with Crippen LogP contribution in [0.25, 0.3) is 0 Å². The molecule has 2 N–H and O–H groups in total. The average Bonchev–Trinajstić information content (AvgIpc) is 2.63. The van der Waals surface area contributed by atoms with Gasteiger partial charge in [-0.15, -0.1) is 10.2 Å². The lowest BCUT2D eigenvalue weighted by Gasteiger charge is -1.99. The number of aromatic nitrogens is 2. The predicted octanol–water partition coefficient (Wildman–Crippen LogP) is 0.170. The Morgan fingerprint density at radius 2 is 2.19 bits per heavy atom. The Balaban J connectivity index is 2.80. The molecule has 90 valence electrons. The van der Waals surface area contributed by atoms with Gasteiger partial charge in [-0.05, 0) is 0 Å².